The Morgan fingerprint density at radius 1 is 1.22 bits per heavy atom. The minimum Gasteiger partial charge on any atom is -0.456 e. The Bertz CT molecular complexity index is 801. The minimum atomic E-state index is 0.755. The van der Waals surface area contributed by atoms with Gasteiger partial charge in [0.1, 0.15) is 11.3 Å². The Kier molecular flexibility index (Phi) is 1.97. The molecule has 3 heteroatoms. The van der Waals surface area contributed by atoms with Crippen LogP contribution in [0, 0.1) is 0 Å². The highest BCUT2D eigenvalue weighted by Crippen LogP contribution is 2.38. The quantitative estimate of drug-likeness (QED) is 0.647. The maximum absolute atomic E-state index is 6.40. The van der Waals surface area contributed by atoms with Crippen molar-refractivity contribution in [3.05, 3.63) is 52.9 Å². The maximum atomic E-state index is 6.40. The van der Waals surface area contributed by atoms with E-state index in [1.54, 1.807) is 0 Å². The van der Waals surface area contributed by atoms with Crippen molar-refractivity contribution in [2.45, 2.75) is 6.54 Å². The monoisotopic (exact) mass is 255 g/mol. The molecule has 0 atom stereocenters. The van der Waals surface area contributed by atoms with Crippen LogP contribution in [0.5, 0.6) is 0 Å². The predicted octanol–water partition coefficient (Wildman–Crippen LogP) is 4.31. The van der Waals surface area contributed by atoms with E-state index in [9.17, 15) is 0 Å². The Balaban J connectivity index is 2.25. The van der Waals surface area contributed by atoms with Crippen LogP contribution < -0.4 is 5.32 Å². The third kappa shape index (κ3) is 1.24. The van der Waals surface area contributed by atoms with Crippen LogP contribution in [0.15, 0.2) is 40.9 Å². The third-order valence-corrected chi connectivity index (χ3v) is 3.69. The van der Waals surface area contributed by atoms with Gasteiger partial charge in [0, 0.05) is 29.1 Å². The van der Waals surface area contributed by atoms with Gasteiger partial charge in [-0.15, -0.1) is 0 Å². The van der Waals surface area contributed by atoms with Crippen LogP contribution in [0.25, 0.3) is 27.8 Å². The SMILES string of the molecule is Clc1cc2ccccc2c2oc3c(c12)CNC=C3. The largest absolute Gasteiger partial charge is 0.456 e. The van der Waals surface area contributed by atoms with Gasteiger partial charge in [-0.3, -0.25) is 0 Å². The molecule has 3 aromatic rings. The van der Waals surface area contributed by atoms with Crippen LogP contribution in [0.2, 0.25) is 5.02 Å². The van der Waals surface area contributed by atoms with Crippen LogP contribution in [-0.2, 0) is 6.54 Å². The fraction of sp³-hybridized carbons (Fsp3) is 0.0667. The van der Waals surface area contributed by atoms with Gasteiger partial charge in [0.05, 0.1) is 5.02 Å². The summed E-state index contributed by atoms with van der Waals surface area (Å²) in [6.07, 6.45) is 3.85. The lowest BCUT2D eigenvalue weighted by atomic mass is 10.0. The molecule has 0 unspecified atom stereocenters. The molecule has 18 heavy (non-hydrogen) atoms. The van der Waals surface area contributed by atoms with Gasteiger partial charge in [-0.25, -0.2) is 0 Å². The number of nitrogens with one attached hydrogen (secondary N) is 1. The third-order valence-electron chi connectivity index (χ3n) is 3.40. The molecule has 1 aromatic heterocycles. The van der Waals surface area contributed by atoms with Crippen LogP contribution in [0.3, 0.4) is 0 Å². The normalized spacial score (nSPS) is 13.8. The standard InChI is InChI=1S/C15H10ClNO/c16-12-7-9-3-1-2-4-10(9)15-14(12)11-8-17-6-5-13(11)18-15/h1-7,17H,8H2. The van der Waals surface area contributed by atoms with E-state index in [0.29, 0.717) is 0 Å². The number of hydrogen-bond acceptors (Lipinski definition) is 2. The first-order valence-corrected chi connectivity index (χ1v) is 6.25. The molecule has 1 N–H and O–H groups in total. The summed E-state index contributed by atoms with van der Waals surface area (Å²) in [7, 11) is 0. The zero-order chi connectivity index (χ0) is 12.1. The molecular weight excluding hydrogens is 246 g/mol. The van der Waals surface area contributed by atoms with Crippen molar-refractivity contribution >= 4 is 39.4 Å². The molecule has 2 nitrogen and oxygen atoms in total. The van der Waals surface area contributed by atoms with Crippen LogP contribution in [0.1, 0.15) is 11.3 Å². The second-order valence-corrected chi connectivity index (χ2v) is 4.85. The maximum Gasteiger partial charge on any atom is 0.144 e. The number of rotatable bonds is 0. The highest BCUT2D eigenvalue weighted by molar-refractivity contribution is 6.37. The molecular formula is C15H10ClNO. The average Bonchev–Trinajstić information content (AvgIpc) is 2.79. The summed E-state index contributed by atoms with van der Waals surface area (Å²) in [5.41, 5.74) is 2.03. The zero-order valence-electron chi connectivity index (χ0n) is 9.53. The van der Waals surface area contributed by atoms with E-state index >= 15 is 0 Å². The Morgan fingerprint density at radius 3 is 3.06 bits per heavy atom. The minimum absolute atomic E-state index is 0.755. The van der Waals surface area contributed by atoms with E-state index in [0.717, 1.165) is 44.6 Å². The van der Waals surface area contributed by atoms with Crippen molar-refractivity contribution < 1.29 is 4.42 Å². The summed E-state index contributed by atoms with van der Waals surface area (Å²) in [6.45, 7) is 0.761. The van der Waals surface area contributed by atoms with E-state index in [1.165, 1.54) is 0 Å². The van der Waals surface area contributed by atoms with Gasteiger partial charge in [0.2, 0.25) is 0 Å². The molecule has 88 valence electrons. The molecule has 1 aliphatic rings. The smallest absolute Gasteiger partial charge is 0.144 e. The number of hydrogen-bond donors (Lipinski definition) is 1. The van der Waals surface area contributed by atoms with Crippen LogP contribution in [0.4, 0.5) is 0 Å². The molecule has 0 amide bonds. The predicted molar refractivity (Wildman–Crippen MR) is 74.6 cm³/mol. The van der Waals surface area contributed by atoms with Crippen LogP contribution in [-0.4, -0.2) is 0 Å². The fourth-order valence-corrected chi connectivity index (χ4v) is 2.89. The first kappa shape index (κ1) is 10.0. The van der Waals surface area contributed by atoms with E-state index < -0.39 is 0 Å². The van der Waals surface area contributed by atoms with Gasteiger partial charge >= 0.3 is 0 Å². The van der Waals surface area contributed by atoms with Gasteiger partial charge in [0.25, 0.3) is 0 Å². The molecule has 2 aromatic carbocycles. The lowest BCUT2D eigenvalue weighted by Gasteiger charge is -2.06. The topological polar surface area (TPSA) is 25.2 Å². The van der Waals surface area contributed by atoms with E-state index in [4.69, 9.17) is 16.0 Å². The molecule has 0 saturated heterocycles. The molecule has 0 fully saturated rings. The number of furan rings is 1. The zero-order valence-corrected chi connectivity index (χ0v) is 10.3. The van der Waals surface area contributed by atoms with Crippen molar-refractivity contribution in [1.82, 2.24) is 5.32 Å². The highest BCUT2D eigenvalue weighted by Gasteiger charge is 2.18. The van der Waals surface area contributed by atoms with E-state index in [2.05, 4.69) is 17.4 Å². The van der Waals surface area contributed by atoms with Gasteiger partial charge < -0.3 is 9.73 Å². The van der Waals surface area contributed by atoms with Crippen LogP contribution >= 0.6 is 11.6 Å². The molecule has 0 saturated carbocycles. The van der Waals surface area contributed by atoms with Crippen molar-refractivity contribution in [2.24, 2.45) is 0 Å². The average molecular weight is 256 g/mol. The number of halogens is 1. The summed E-state index contributed by atoms with van der Waals surface area (Å²) in [6, 6.07) is 10.2. The molecule has 2 heterocycles. The summed E-state index contributed by atoms with van der Waals surface area (Å²) in [4.78, 5) is 0. The Labute approximate surface area is 109 Å². The molecule has 4 rings (SSSR count). The van der Waals surface area contributed by atoms with Crippen molar-refractivity contribution in [3.8, 4) is 0 Å². The summed E-state index contributed by atoms with van der Waals surface area (Å²) >= 11 is 6.40. The van der Waals surface area contributed by atoms with Gasteiger partial charge in [0.15, 0.2) is 0 Å². The number of fused-ring (bicyclic) bond motifs is 5. The second kappa shape index (κ2) is 3.53. The fourth-order valence-electron chi connectivity index (χ4n) is 2.57. The first-order chi connectivity index (χ1) is 8.84. The van der Waals surface area contributed by atoms with Gasteiger partial charge in [-0.2, -0.15) is 0 Å². The Hall–Kier alpha value is -1.93. The molecule has 0 aliphatic carbocycles. The van der Waals surface area contributed by atoms with Crippen molar-refractivity contribution in [2.75, 3.05) is 0 Å². The van der Waals surface area contributed by atoms with E-state index in [1.807, 2.05) is 30.5 Å². The summed E-state index contributed by atoms with van der Waals surface area (Å²) < 4.78 is 5.97. The molecule has 0 bridgehead atoms. The van der Waals surface area contributed by atoms with Crippen molar-refractivity contribution in [3.63, 3.8) is 0 Å². The highest BCUT2D eigenvalue weighted by atomic mass is 35.5. The lowest BCUT2D eigenvalue weighted by molar-refractivity contribution is 0.595. The van der Waals surface area contributed by atoms with Gasteiger partial charge in [-0.1, -0.05) is 35.9 Å². The van der Waals surface area contributed by atoms with E-state index in [-0.39, 0.29) is 0 Å². The second-order valence-electron chi connectivity index (χ2n) is 4.44. The summed E-state index contributed by atoms with van der Waals surface area (Å²) in [5, 5.41) is 7.20. The van der Waals surface area contributed by atoms with Crippen molar-refractivity contribution in [1.29, 1.82) is 0 Å². The number of benzene rings is 2. The molecule has 1 aliphatic heterocycles. The Morgan fingerprint density at radius 2 is 2.11 bits per heavy atom. The first-order valence-electron chi connectivity index (χ1n) is 5.87. The lowest BCUT2D eigenvalue weighted by Crippen LogP contribution is -2.08. The molecule has 0 radical (unpaired) electrons. The summed E-state index contributed by atoms with van der Waals surface area (Å²) in [5.74, 6) is 0.905. The molecule has 0 spiro atoms. The van der Waals surface area contributed by atoms with Gasteiger partial charge in [-0.05, 0) is 17.5 Å².